The first-order valence-corrected chi connectivity index (χ1v) is 6.49. The number of halogens is 2. The van der Waals surface area contributed by atoms with Crippen molar-refractivity contribution in [1.29, 1.82) is 0 Å². The second-order valence-corrected chi connectivity index (χ2v) is 5.73. The topological polar surface area (TPSA) is 37.3 Å². The molecule has 2 rings (SSSR count). The first kappa shape index (κ1) is 12.8. The maximum atomic E-state index is 13.2. The van der Waals surface area contributed by atoms with E-state index in [1.807, 2.05) is 6.92 Å². The molecule has 0 radical (unpaired) electrons. The van der Waals surface area contributed by atoms with E-state index in [1.165, 1.54) is 0 Å². The highest BCUT2D eigenvalue weighted by atomic mass is 19.3. The molecule has 2 aliphatic carbocycles. The fourth-order valence-corrected chi connectivity index (χ4v) is 3.79. The molecule has 4 heteroatoms. The van der Waals surface area contributed by atoms with E-state index in [0.29, 0.717) is 0 Å². The van der Waals surface area contributed by atoms with Crippen molar-refractivity contribution in [3.8, 4) is 0 Å². The van der Waals surface area contributed by atoms with Crippen molar-refractivity contribution in [2.45, 2.75) is 64.2 Å². The van der Waals surface area contributed by atoms with E-state index >= 15 is 0 Å². The van der Waals surface area contributed by atoms with Gasteiger partial charge in [-0.2, -0.15) is 0 Å². The molecular formula is C13H20F2O2. The van der Waals surface area contributed by atoms with Crippen molar-refractivity contribution < 1.29 is 18.7 Å². The van der Waals surface area contributed by atoms with Crippen molar-refractivity contribution in [2.75, 3.05) is 0 Å². The molecule has 0 aliphatic heterocycles. The van der Waals surface area contributed by atoms with Crippen LogP contribution in [0.4, 0.5) is 8.78 Å². The number of hydrogen-bond acceptors (Lipinski definition) is 1. The quantitative estimate of drug-likeness (QED) is 0.821. The van der Waals surface area contributed by atoms with Gasteiger partial charge in [0.15, 0.2) is 0 Å². The van der Waals surface area contributed by atoms with Gasteiger partial charge in [0, 0.05) is 12.8 Å². The Bertz CT molecular complexity index is 306. The number of carboxylic acids is 1. The minimum atomic E-state index is -2.66. The van der Waals surface area contributed by atoms with Crippen LogP contribution in [-0.4, -0.2) is 17.0 Å². The summed E-state index contributed by atoms with van der Waals surface area (Å²) in [6, 6.07) is 0. The van der Waals surface area contributed by atoms with Crippen LogP contribution in [0, 0.1) is 10.8 Å². The Kier molecular flexibility index (Phi) is 2.95. The molecule has 0 aromatic carbocycles. The van der Waals surface area contributed by atoms with Gasteiger partial charge in [-0.15, -0.1) is 0 Å². The Morgan fingerprint density at radius 3 is 1.94 bits per heavy atom. The molecule has 0 heterocycles. The summed E-state index contributed by atoms with van der Waals surface area (Å²) < 4.78 is 26.5. The van der Waals surface area contributed by atoms with Gasteiger partial charge in [-0.1, -0.05) is 13.3 Å². The summed E-state index contributed by atoms with van der Waals surface area (Å²) in [5.74, 6) is -3.51. The monoisotopic (exact) mass is 246 g/mol. The number of hydrogen-bond donors (Lipinski definition) is 1. The molecule has 2 aliphatic rings. The highest BCUT2D eigenvalue weighted by Gasteiger charge is 2.60. The molecule has 1 N–H and O–H groups in total. The van der Waals surface area contributed by atoms with E-state index in [4.69, 9.17) is 0 Å². The number of rotatable bonds is 3. The van der Waals surface area contributed by atoms with E-state index in [1.54, 1.807) is 0 Å². The average molecular weight is 246 g/mol. The zero-order valence-electron chi connectivity index (χ0n) is 10.3. The van der Waals surface area contributed by atoms with Crippen LogP contribution >= 0.6 is 0 Å². The highest BCUT2D eigenvalue weighted by molar-refractivity contribution is 5.76. The predicted octanol–water partition coefficient (Wildman–Crippen LogP) is 3.85. The van der Waals surface area contributed by atoms with Crippen LogP contribution in [0.3, 0.4) is 0 Å². The predicted molar refractivity (Wildman–Crippen MR) is 60.1 cm³/mol. The van der Waals surface area contributed by atoms with Crippen LogP contribution in [0.2, 0.25) is 0 Å². The molecule has 0 bridgehead atoms. The standard InChI is InChI=1S/C13H20F2O2/c1-2-11(4-3-5-11)12(10(16)17)6-8-13(14,15)9-7-12/h2-9H2,1H3,(H,16,17). The minimum Gasteiger partial charge on any atom is -0.481 e. The summed E-state index contributed by atoms with van der Waals surface area (Å²) in [7, 11) is 0. The van der Waals surface area contributed by atoms with Crippen LogP contribution in [0.25, 0.3) is 0 Å². The van der Waals surface area contributed by atoms with Crippen LogP contribution < -0.4 is 0 Å². The summed E-state index contributed by atoms with van der Waals surface area (Å²) in [5.41, 5.74) is -1.10. The third kappa shape index (κ3) is 1.76. The molecule has 2 saturated carbocycles. The largest absolute Gasteiger partial charge is 0.481 e. The number of carbonyl (C=O) groups is 1. The zero-order valence-corrected chi connectivity index (χ0v) is 10.3. The molecule has 0 aromatic rings. The average Bonchev–Trinajstić information content (AvgIpc) is 2.19. The van der Waals surface area contributed by atoms with Gasteiger partial charge >= 0.3 is 5.97 Å². The Hall–Kier alpha value is -0.670. The molecule has 0 aromatic heterocycles. The van der Waals surface area contributed by atoms with Crippen molar-refractivity contribution in [3.63, 3.8) is 0 Å². The molecule has 2 fully saturated rings. The van der Waals surface area contributed by atoms with Crippen LogP contribution in [0.15, 0.2) is 0 Å². The molecule has 98 valence electrons. The van der Waals surface area contributed by atoms with Gasteiger partial charge in [-0.05, 0) is 37.5 Å². The second kappa shape index (κ2) is 3.92. The van der Waals surface area contributed by atoms with Gasteiger partial charge in [0.2, 0.25) is 5.92 Å². The van der Waals surface area contributed by atoms with Gasteiger partial charge in [0.05, 0.1) is 5.41 Å². The van der Waals surface area contributed by atoms with E-state index in [0.717, 1.165) is 25.7 Å². The first-order valence-electron chi connectivity index (χ1n) is 6.49. The maximum absolute atomic E-state index is 13.2. The number of alkyl halides is 2. The highest BCUT2D eigenvalue weighted by Crippen LogP contribution is 2.63. The van der Waals surface area contributed by atoms with Gasteiger partial charge in [0.1, 0.15) is 0 Å². The van der Waals surface area contributed by atoms with Gasteiger partial charge in [-0.3, -0.25) is 4.79 Å². The van der Waals surface area contributed by atoms with E-state index in [-0.39, 0.29) is 31.1 Å². The summed E-state index contributed by atoms with van der Waals surface area (Å²) in [5, 5.41) is 9.55. The molecule has 0 saturated heterocycles. The van der Waals surface area contributed by atoms with Crippen molar-refractivity contribution in [1.82, 2.24) is 0 Å². The fourth-order valence-electron chi connectivity index (χ4n) is 3.79. The fraction of sp³-hybridized carbons (Fsp3) is 0.923. The zero-order chi connectivity index (χ0) is 12.7. The first-order chi connectivity index (χ1) is 7.88. The third-order valence-corrected chi connectivity index (χ3v) is 5.25. The lowest BCUT2D eigenvalue weighted by molar-refractivity contribution is -0.182. The lowest BCUT2D eigenvalue weighted by Crippen LogP contribution is -2.54. The third-order valence-electron chi connectivity index (χ3n) is 5.25. The molecule has 17 heavy (non-hydrogen) atoms. The molecule has 0 amide bonds. The normalized spacial score (nSPS) is 29.4. The number of aliphatic carboxylic acids is 1. The Balaban J connectivity index is 2.26. The van der Waals surface area contributed by atoms with Crippen molar-refractivity contribution >= 4 is 5.97 Å². The lowest BCUT2D eigenvalue weighted by atomic mass is 9.47. The van der Waals surface area contributed by atoms with Crippen molar-refractivity contribution in [2.24, 2.45) is 10.8 Å². The molecule has 0 spiro atoms. The number of carboxylic acid groups (broad SMARTS) is 1. The van der Waals surface area contributed by atoms with Gasteiger partial charge < -0.3 is 5.11 Å². The van der Waals surface area contributed by atoms with Crippen LogP contribution in [0.1, 0.15) is 58.3 Å². The maximum Gasteiger partial charge on any atom is 0.310 e. The molecule has 0 atom stereocenters. The van der Waals surface area contributed by atoms with Gasteiger partial charge in [-0.25, -0.2) is 8.78 Å². The summed E-state index contributed by atoms with van der Waals surface area (Å²) in [4.78, 5) is 11.6. The van der Waals surface area contributed by atoms with Crippen LogP contribution in [-0.2, 0) is 4.79 Å². The van der Waals surface area contributed by atoms with E-state index in [2.05, 4.69) is 0 Å². The molecular weight excluding hydrogens is 226 g/mol. The summed E-state index contributed by atoms with van der Waals surface area (Å²) in [6.45, 7) is 2.00. The molecule has 2 nitrogen and oxygen atoms in total. The van der Waals surface area contributed by atoms with Crippen LogP contribution in [0.5, 0.6) is 0 Å². The Morgan fingerprint density at radius 1 is 1.12 bits per heavy atom. The second-order valence-electron chi connectivity index (χ2n) is 5.73. The van der Waals surface area contributed by atoms with Gasteiger partial charge in [0.25, 0.3) is 0 Å². The van der Waals surface area contributed by atoms with E-state index in [9.17, 15) is 18.7 Å². The smallest absolute Gasteiger partial charge is 0.310 e. The molecule has 0 unspecified atom stereocenters. The Morgan fingerprint density at radius 2 is 1.65 bits per heavy atom. The lowest BCUT2D eigenvalue weighted by Gasteiger charge is -2.56. The Labute approximate surface area is 100 Å². The summed E-state index contributed by atoms with van der Waals surface area (Å²) >= 11 is 0. The minimum absolute atomic E-state index is 0.142. The summed E-state index contributed by atoms with van der Waals surface area (Å²) in [6.07, 6.45) is 3.38. The van der Waals surface area contributed by atoms with E-state index < -0.39 is 17.3 Å². The SMILES string of the molecule is CCC1(C2(C(=O)O)CCC(F)(F)CC2)CCC1. The van der Waals surface area contributed by atoms with Crippen molar-refractivity contribution in [3.05, 3.63) is 0 Å².